The summed E-state index contributed by atoms with van der Waals surface area (Å²) in [6, 6.07) is 0. The van der Waals surface area contributed by atoms with Gasteiger partial charge in [-0.25, -0.2) is 0 Å². The molecule has 0 bridgehead atoms. The van der Waals surface area contributed by atoms with Crippen LogP contribution >= 0.6 is 0 Å². The average molecular weight is 142 g/mol. The van der Waals surface area contributed by atoms with Crippen molar-refractivity contribution in [2.24, 2.45) is 0 Å². The van der Waals surface area contributed by atoms with Gasteiger partial charge in [-0.1, -0.05) is 26.2 Å². The van der Waals surface area contributed by atoms with Gasteiger partial charge >= 0.3 is 6.41 Å². The number of carbonyl (C=O) groups excluding carboxylic acids is 1. The van der Waals surface area contributed by atoms with Crippen LogP contribution in [0.3, 0.4) is 0 Å². The average Bonchev–Trinajstić information content (AvgIpc) is 1.98. The Morgan fingerprint density at radius 3 is 2.50 bits per heavy atom. The largest absolute Gasteiger partial charge is 0.338 e. The zero-order chi connectivity index (χ0) is 7.82. The molecule has 1 radical (unpaired) electrons. The van der Waals surface area contributed by atoms with Gasteiger partial charge in [-0.15, -0.1) is 0 Å². The lowest BCUT2D eigenvalue weighted by atomic mass is 10.2. The van der Waals surface area contributed by atoms with E-state index in [9.17, 15) is 4.79 Å². The normalized spacial score (nSPS) is 9.40. The highest BCUT2D eigenvalue weighted by molar-refractivity contribution is 5.47. The molecule has 0 aliphatic rings. The lowest BCUT2D eigenvalue weighted by molar-refractivity contribution is 0.420. The van der Waals surface area contributed by atoms with Gasteiger partial charge in [0, 0.05) is 13.6 Å². The highest BCUT2D eigenvalue weighted by Gasteiger charge is 1.92. The highest BCUT2D eigenvalue weighted by atomic mass is 16.1. The SMILES string of the molecule is CCCCCCN(C)[C]=O. The topological polar surface area (TPSA) is 20.3 Å². The molecule has 0 aliphatic carbocycles. The summed E-state index contributed by atoms with van der Waals surface area (Å²) in [7, 11) is 1.76. The number of hydrogen-bond donors (Lipinski definition) is 0. The van der Waals surface area contributed by atoms with Gasteiger partial charge in [0.05, 0.1) is 0 Å². The molecule has 0 aromatic rings. The molecule has 59 valence electrons. The van der Waals surface area contributed by atoms with Crippen molar-refractivity contribution in [3.63, 3.8) is 0 Å². The van der Waals surface area contributed by atoms with Crippen molar-refractivity contribution in [1.29, 1.82) is 0 Å². The van der Waals surface area contributed by atoms with Gasteiger partial charge in [-0.3, -0.25) is 4.79 Å². The van der Waals surface area contributed by atoms with Crippen molar-refractivity contribution in [2.75, 3.05) is 13.6 Å². The molecule has 0 aliphatic heterocycles. The maximum absolute atomic E-state index is 9.97. The molecular formula is C8H16NO. The molecule has 0 aromatic heterocycles. The third-order valence-corrected chi connectivity index (χ3v) is 1.50. The zero-order valence-corrected chi connectivity index (χ0v) is 6.89. The Balaban J connectivity index is 2.95. The molecule has 0 rings (SSSR count). The summed E-state index contributed by atoms with van der Waals surface area (Å²) in [6.45, 7) is 3.03. The van der Waals surface area contributed by atoms with Crippen LogP contribution in [0, 0.1) is 0 Å². The number of rotatable bonds is 6. The molecule has 0 saturated carbocycles. The molecule has 0 aromatic carbocycles. The van der Waals surface area contributed by atoms with E-state index in [1.54, 1.807) is 11.9 Å². The van der Waals surface area contributed by atoms with Gasteiger partial charge in [0.1, 0.15) is 0 Å². The van der Waals surface area contributed by atoms with Crippen LogP contribution < -0.4 is 0 Å². The Labute approximate surface area is 63.2 Å². The summed E-state index contributed by atoms with van der Waals surface area (Å²) in [4.78, 5) is 11.5. The molecule has 0 fully saturated rings. The molecule has 0 unspecified atom stereocenters. The van der Waals surface area contributed by atoms with Crippen LogP contribution in [-0.2, 0) is 4.79 Å². The van der Waals surface area contributed by atoms with Crippen LogP contribution in [0.4, 0.5) is 0 Å². The second-order valence-electron chi connectivity index (χ2n) is 2.57. The van der Waals surface area contributed by atoms with E-state index in [4.69, 9.17) is 0 Å². The van der Waals surface area contributed by atoms with E-state index in [0.717, 1.165) is 13.0 Å². The summed E-state index contributed by atoms with van der Waals surface area (Å²) < 4.78 is 0. The monoisotopic (exact) mass is 142 g/mol. The van der Waals surface area contributed by atoms with Gasteiger partial charge < -0.3 is 4.90 Å². The third-order valence-electron chi connectivity index (χ3n) is 1.50. The minimum atomic E-state index is 0.851. The summed E-state index contributed by atoms with van der Waals surface area (Å²) in [5.41, 5.74) is 0. The molecular weight excluding hydrogens is 126 g/mol. The Kier molecular flexibility index (Phi) is 6.24. The maximum Gasteiger partial charge on any atom is 0.311 e. The molecule has 0 heterocycles. The second kappa shape index (κ2) is 6.59. The standard InChI is InChI=1S/C8H16NO/c1-3-4-5-6-7-9(2)8-10/h3-7H2,1-2H3. The minimum absolute atomic E-state index is 0.851. The van der Waals surface area contributed by atoms with Crippen LogP contribution in [-0.4, -0.2) is 24.9 Å². The smallest absolute Gasteiger partial charge is 0.311 e. The zero-order valence-electron chi connectivity index (χ0n) is 6.89. The number of amides is 1. The van der Waals surface area contributed by atoms with Crippen molar-refractivity contribution in [2.45, 2.75) is 32.6 Å². The van der Waals surface area contributed by atoms with E-state index in [1.807, 2.05) is 6.41 Å². The lowest BCUT2D eigenvalue weighted by Crippen LogP contribution is -2.16. The number of nitrogens with zero attached hydrogens (tertiary/aromatic N) is 1. The first kappa shape index (κ1) is 9.47. The Morgan fingerprint density at radius 2 is 2.00 bits per heavy atom. The Morgan fingerprint density at radius 1 is 1.30 bits per heavy atom. The van der Waals surface area contributed by atoms with E-state index >= 15 is 0 Å². The van der Waals surface area contributed by atoms with E-state index < -0.39 is 0 Å². The van der Waals surface area contributed by atoms with Crippen molar-refractivity contribution in [3.05, 3.63) is 0 Å². The van der Waals surface area contributed by atoms with Gasteiger partial charge in [0.25, 0.3) is 0 Å². The van der Waals surface area contributed by atoms with E-state index in [2.05, 4.69) is 6.92 Å². The van der Waals surface area contributed by atoms with E-state index in [1.165, 1.54) is 19.3 Å². The molecule has 2 nitrogen and oxygen atoms in total. The molecule has 1 amide bonds. The molecule has 0 saturated heterocycles. The van der Waals surface area contributed by atoms with Gasteiger partial charge in [-0.2, -0.15) is 0 Å². The minimum Gasteiger partial charge on any atom is -0.338 e. The molecule has 0 spiro atoms. The third kappa shape index (κ3) is 5.60. The quantitative estimate of drug-likeness (QED) is 0.407. The predicted molar refractivity (Wildman–Crippen MR) is 42.5 cm³/mol. The summed E-state index contributed by atoms with van der Waals surface area (Å²) in [6.07, 6.45) is 6.68. The number of hydrogen-bond acceptors (Lipinski definition) is 1. The fraction of sp³-hybridized carbons (Fsp3) is 0.875. The van der Waals surface area contributed by atoms with Crippen molar-refractivity contribution in [1.82, 2.24) is 4.90 Å². The van der Waals surface area contributed by atoms with Gasteiger partial charge in [-0.05, 0) is 6.42 Å². The van der Waals surface area contributed by atoms with Gasteiger partial charge in [0.2, 0.25) is 0 Å². The van der Waals surface area contributed by atoms with Gasteiger partial charge in [0.15, 0.2) is 0 Å². The van der Waals surface area contributed by atoms with E-state index in [0.29, 0.717) is 0 Å². The van der Waals surface area contributed by atoms with E-state index in [-0.39, 0.29) is 0 Å². The van der Waals surface area contributed by atoms with Crippen molar-refractivity contribution < 1.29 is 4.79 Å². The first-order chi connectivity index (χ1) is 4.81. The van der Waals surface area contributed by atoms with Crippen LogP contribution in [0.15, 0.2) is 0 Å². The van der Waals surface area contributed by atoms with Crippen LogP contribution in [0.5, 0.6) is 0 Å². The lowest BCUT2D eigenvalue weighted by Gasteiger charge is -2.07. The molecule has 0 atom stereocenters. The van der Waals surface area contributed by atoms with Crippen molar-refractivity contribution >= 4 is 6.41 Å². The Bertz CT molecular complexity index is 83.3. The van der Waals surface area contributed by atoms with Crippen LogP contribution in [0.2, 0.25) is 0 Å². The molecule has 2 heteroatoms. The fourth-order valence-electron chi connectivity index (χ4n) is 0.821. The van der Waals surface area contributed by atoms with Crippen LogP contribution in [0.1, 0.15) is 32.6 Å². The molecule has 0 N–H and O–H groups in total. The maximum atomic E-state index is 9.97. The van der Waals surface area contributed by atoms with Crippen LogP contribution in [0.25, 0.3) is 0 Å². The first-order valence-electron chi connectivity index (χ1n) is 3.90. The molecule has 10 heavy (non-hydrogen) atoms. The summed E-state index contributed by atoms with van der Waals surface area (Å²) >= 11 is 0. The number of unbranched alkanes of at least 4 members (excludes halogenated alkanes) is 3. The second-order valence-corrected chi connectivity index (χ2v) is 2.57. The first-order valence-corrected chi connectivity index (χ1v) is 3.90. The summed E-state index contributed by atoms with van der Waals surface area (Å²) in [5, 5.41) is 0. The fourth-order valence-corrected chi connectivity index (χ4v) is 0.821. The summed E-state index contributed by atoms with van der Waals surface area (Å²) in [5.74, 6) is 0. The Hall–Kier alpha value is -0.530. The predicted octanol–water partition coefficient (Wildman–Crippen LogP) is 1.57. The van der Waals surface area contributed by atoms with Crippen molar-refractivity contribution in [3.8, 4) is 0 Å². The highest BCUT2D eigenvalue weighted by Crippen LogP contribution is 1.98.